The highest BCUT2D eigenvalue weighted by atomic mass is 16.6. The summed E-state index contributed by atoms with van der Waals surface area (Å²) in [6, 6.07) is 6.71. The van der Waals surface area contributed by atoms with Crippen LogP contribution in [0.3, 0.4) is 0 Å². The normalized spacial score (nSPS) is 31.7. The van der Waals surface area contributed by atoms with E-state index < -0.39 is 0 Å². The minimum absolute atomic E-state index is 0.433. The summed E-state index contributed by atoms with van der Waals surface area (Å²) in [5, 5.41) is 3.61. The Morgan fingerprint density at radius 1 is 1.11 bits per heavy atom. The standard InChI is InChI=1S/C15H19NO3/c1-3-14-15(18-6-5-17-14)7-10(1)9-16-12-8-11-2-4-13(12)19-11/h1,3,7,11-13,16H,2,4-6,8-9H2. The number of fused-ring (bicyclic) bond motifs is 3. The van der Waals surface area contributed by atoms with Gasteiger partial charge in [0, 0.05) is 12.6 Å². The summed E-state index contributed by atoms with van der Waals surface area (Å²) >= 11 is 0. The van der Waals surface area contributed by atoms with Crippen molar-refractivity contribution in [2.45, 2.75) is 44.1 Å². The van der Waals surface area contributed by atoms with Crippen molar-refractivity contribution < 1.29 is 14.2 Å². The molecule has 19 heavy (non-hydrogen) atoms. The first-order chi connectivity index (χ1) is 9.38. The molecule has 3 unspecified atom stereocenters. The largest absolute Gasteiger partial charge is 0.486 e. The van der Waals surface area contributed by atoms with Gasteiger partial charge in [-0.3, -0.25) is 0 Å². The molecule has 3 atom stereocenters. The third-order valence-corrected chi connectivity index (χ3v) is 4.28. The van der Waals surface area contributed by atoms with Gasteiger partial charge in [0.05, 0.1) is 12.2 Å². The number of ether oxygens (including phenoxy) is 3. The number of nitrogens with one attached hydrogen (secondary N) is 1. The van der Waals surface area contributed by atoms with Gasteiger partial charge in [-0.1, -0.05) is 6.07 Å². The van der Waals surface area contributed by atoms with Crippen LogP contribution < -0.4 is 14.8 Å². The molecule has 4 nitrogen and oxygen atoms in total. The van der Waals surface area contributed by atoms with E-state index in [-0.39, 0.29) is 0 Å². The van der Waals surface area contributed by atoms with Crippen molar-refractivity contribution in [2.75, 3.05) is 13.2 Å². The van der Waals surface area contributed by atoms with Crippen LogP contribution in [-0.4, -0.2) is 31.5 Å². The van der Waals surface area contributed by atoms with Gasteiger partial charge >= 0.3 is 0 Å². The maximum absolute atomic E-state index is 5.86. The summed E-state index contributed by atoms with van der Waals surface area (Å²) in [4.78, 5) is 0. The van der Waals surface area contributed by atoms with Crippen LogP contribution in [0.1, 0.15) is 24.8 Å². The van der Waals surface area contributed by atoms with Gasteiger partial charge in [0.25, 0.3) is 0 Å². The molecule has 0 radical (unpaired) electrons. The smallest absolute Gasteiger partial charge is 0.161 e. The van der Waals surface area contributed by atoms with Crippen LogP contribution in [0.4, 0.5) is 0 Å². The number of benzene rings is 1. The lowest BCUT2D eigenvalue weighted by molar-refractivity contribution is 0.0973. The van der Waals surface area contributed by atoms with Gasteiger partial charge in [0.15, 0.2) is 11.5 Å². The van der Waals surface area contributed by atoms with Gasteiger partial charge in [-0.25, -0.2) is 0 Å². The lowest BCUT2D eigenvalue weighted by Gasteiger charge is -2.21. The Morgan fingerprint density at radius 3 is 2.79 bits per heavy atom. The van der Waals surface area contributed by atoms with E-state index in [1.165, 1.54) is 18.4 Å². The number of rotatable bonds is 3. The Hall–Kier alpha value is -1.26. The van der Waals surface area contributed by atoms with Crippen molar-refractivity contribution in [3.8, 4) is 11.5 Å². The van der Waals surface area contributed by atoms with E-state index in [0.717, 1.165) is 24.5 Å². The zero-order valence-corrected chi connectivity index (χ0v) is 10.9. The molecule has 3 aliphatic heterocycles. The van der Waals surface area contributed by atoms with E-state index in [1.54, 1.807) is 0 Å². The molecular weight excluding hydrogens is 242 g/mol. The second-order valence-corrected chi connectivity index (χ2v) is 5.58. The second-order valence-electron chi connectivity index (χ2n) is 5.58. The van der Waals surface area contributed by atoms with Crippen molar-refractivity contribution in [3.05, 3.63) is 23.8 Å². The quantitative estimate of drug-likeness (QED) is 0.901. The van der Waals surface area contributed by atoms with E-state index in [9.17, 15) is 0 Å². The van der Waals surface area contributed by atoms with Crippen LogP contribution in [0.5, 0.6) is 11.5 Å². The summed E-state index contributed by atoms with van der Waals surface area (Å²) in [5.41, 5.74) is 1.24. The molecule has 2 saturated heterocycles. The molecule has 4 rings (SSSR count). The molecular formula is C15H19NO3. The molecule has 0 spiro atoms. The van der Waals surface area contributed by atoms with Crippen LogP contribution in [0.15, 0.2) is 18.2 Å². The fraction of sp³-hybridized carbons (Fsp3) is 0.600. The number of hydrogen-bond acceptors (Lipinski definition) is 4. The minimum Gasteiger partial charge on any atom is -0.486 e. The van der Waals surface area contributed by atoms with E-state index in [2.05, 4.69) is 17.4 Å². The fourth-order valence-corrected chi connectivity index (χ4v) is 3.30. The lowest BCUT2D eigenvalue weighted by atomic mass is 9.95. The average molecular weight is 261 g/mol. The van der Waals surface area contributed by atoms with Gasteiger partial charge in [-0.2, -0.15) is 0 Å². The van der Waals surface area contributed by atoms with Crippen LogP contribution in [0, 0.1) is 0 Å². The van der Waals surface area contributed by atoms with Gasteiger partial charge in [0.1, 0.15) is 13.2 Å². The first kappa shape index (κ1) is 11.6. The predicted molar refractivity (Wildman–Crippen MR) is 70.6 cm³/mol. The summed E-state index contributed by atoms with van der Waals surface area (Å²) in [7, 11) is 0. The highest BCUT2D eigenvalue weighted by molar-refractivity contribution is 5.43. The molecule has 3 heterocycles. The van der Waals surface area contributed by atoms with Crippen LogP contribution in [0.25, 0.3) is 0 Å². The summed E-state index contributed by atoms with van der Waals surface area (Å²) < 4.78 is 17.0. The molecule has 0 aromatic heterocycles. The average Bonchev–Trinajstić information content (AvgIpc) is 3.07. The lowest BCUT2D eigenvalue weighted by Crippen LogP contribution is -2.37. The zero-order valence-electron chi connectivity index (χ0n) is 10.9. The third kappa shape index (κ3) is 2.19. The van der Waals surface area contributed by atoms with Crippen molar-refractivity contribution >= 4 is 0 Å². The van der Waals surface area contributed by atoms with Crippen molar-refractivity contribution in [2.24, 2.45) is 0 Å². The highest BCUT2D eigenvalue weighted by Crippen LogP contribution is 2.35. The maximum atomic E-state index is 5.86. The molecule has 0 amide bonds. The molecule has 1 N–H and O–H groups in total. The first-order valence-electron chi connectivity index (χ1n) is 7.16. The van der Waals surface area contributed by atoms with Gasteiger partial charge < -0.3 is 19.5 Å². The van der Waals surface area contributed by atoms with Crippen molar-refractivity contribution in [1.29, 1.82) is 0 Å². The predicted octanol–water partition coefficient (Wildman–Crippen LogP) is 1.87. The summed E-state index contributed by atoms with van der Waals surface area (Å²) in [6.07, 6.45) is 4.55. The van der Waals surface area contributed by atoms with Crippen LogP contribution in [0.2, 0.25) is 0 Å². The van der Waals surface area contributed by atoms with Gasteiger partial charge in [-0.05, 0) is 37.0 Å². The third-order valence-electron chi connectivity index (χ3n) is 4.28. The Balaban J connectivity index is 1.40. The van der Waals surface area contributed by atoms with Crippen molar-refractivity contribution in [3.63, 3.8) is 0 Å². The maximum Gasteiger partial charge on any atom is 0.161 e. The number of hydrogen-bond donors (Lipinski definition) is 1. The molecule has 4 heteroatoms. The van der Waals surface area contributed by atoms with E-state index in [0.29, 0.717) is 31.5 Å². The molecule has 0 saturated carbocycles. The molecule has 2 fully saturated rings. The molecule has 1 aromatic rings. The Bertz CT molecular complexity index is 476. The highest BCUT2D eigenvalue weighted by Gasteiger charge is 2.40. The summed E-state index contributed by atoms with van der Waals surface area (Å²) in [5.74, 6) is 1.73. The monoisotopic (exact) mass is 261 g/mol. The van der Waals surface area contributed by atoms with Gasteiger partial charge in [0.2, 0.25) is 0 Å². The molecule has 1 aromatic carbocycles. The molecule has 2 bridgehead atoms. The minimum atomic E-state index is 0.433. The van der Waals surface area contributed by atoms with Gasteiger partial charge in [-0.15, -0.1) is 0 Å². The van der Waals surface area contributed by atoms with Crippen molar-refractivity contribution in [1.82, 2.24) is 5.32 Å². The van der Waals surface area contributed by atoms with Crippen LogP contribution in [-0.2, 0) is 11.3 Å². The Labute approximate surface area is 113 Å². The molecule has 3 aliphatic rings. The zero-order chi connectivity index (χ0) is 12.7. The SMILES string of the molecule is c1cc2c(cc1CNC1CC3CCC1O3)OCCO2. The topological polar surface area (TPSA) is 39.7 Å². The molecule has 102 valence electrons. The van der Waals surface area contributed by atoms with E-state index in [4.69, 9.17) is 14.2 Å². The summed E-state index contributed by atoms with van der Waals surface area (Å²) in [6.45, 7) is 2.16. The Kier molecular flexibility index (Phi) is 2.85. The van der Waals surface area contributed by atoms with E-state index >= 15 is 0 Å². The van der Waals surface area contributed by atoms with Crippen LogP contribution >= 0.6 is 0 Å². The fourth-order valence-electron chi connectivity index (χ4n) is 3.30. The second kappa shape index (κ2) is 4.69. The van der Waals surface area contributed by atoms with E-state index in [1.807, 2.05) is 6.07 Å². The first-order valence-corrected chi connectivity index (χ1v) is 7.16. The molecule has 0 aliphatic carbocycles. The Morgan fingerprint density at radius 2 is 2.00 bits per heavy atom.